The molecular formula is C15H22N2. The van der Waals surface area contributed by atoms with E-state index in [4.69, 9.17) is 5.73 Å². The number of hydrogen-bond acceptors (Lipinski definition) is 2. The molecule has 0 aromatic heterocycles. The Balaban J connectivity index is 2.44. The second-order valence-corrected chi connectivity index (χ2v) is 4.25. The molecule has 2 N–H and O–H groups in total. The molecule has 92 valence electrons. The van der Waals surface area contributed by atoms with E-state index in [1.807, 2.05) is 30.4 Å². The van der Waals surface area contributed by atoms with Gasteiger partial charge in [0.25, 0.3) is 0 Å². The molecule has 0 aliphatic carbocycles. The van der Waals surface area contributed by atoms with E-state index in [0.717, 1.165) is 26.1 Å². The summed E-state index contributed by atoms with van der Waals surface area (Å²) in [5.74, 6) is 0. The van der Waals surface area contributed by atoms with Crippen LogP contribution in [0, 0.1) is 0 Å². The maximum Gasteiger partial charge on any atom is 0.0208 e. The molecule has 0 heterocycles. The fourth-order valence-corrected chi connectivity index (χ4v) is 1.90. The number of nitrogens with two attached hydrogens (primary N) is 1. The van der Waals surface area contributed by atoms with Crippen molar-refractivity contribution >= 4 is 0 Å². The summed E-state index contributed by atoms with van der Waals surface area (Å²) in [7, 11) is 0. The summed E-state index contributed by atoms with van der Waals surface area (Å²) in [6, 6.07) is 10.5. The minimum atomic E-state index is 0.150. The van der Waals surface area contributed by atoms with Crippen LogP contribution in [-0.4, -0.2) is 30.6 Å². The summed E-state index contributed by atoms with van der Waals surface area (Å²) in [5, 5.41) is 0. The Labute approximate surface area is 104 Å². The Kier molecular flexibility index (Phi) is 6.30. The fraction of sp³-hybridized carbons (Fsp3) is 0.333. The summed E-state index contributed by atoms with van der Waals surface area (Å²) >= 11 is 0. The van der Waals surface area contributed by atoms with Crippen molar-refractivity contribution in [2.75, 3.05) is 19.6 Å². The smallest absolute Gasteiger partial charge is 0.0208 e. The third kappa shape index (κ3) is 5.48. The lowest BCUT2D eigenvalue weighted by Crippen LogP contribution is -2.39. The predicted molar refractivity (Wildman–Crippen MR) is 75.0 cm³/mol. The molecule has 0 aliphatic rings. The van der Waals surface area contributed by atoms with Crippen molar-refractivity contribution < 1.29 is 0 Å². The monoisotopic (exact) mass is 230 g/mol. The van der Waals surface area contributed by atoms with Crippen molar-refractivity contribution in [3.05, 3.63) is 61.2 Å². The van der Waals surface area contributed by atoms with Gasteiger partial charge in [0.15, 0.2) is 0 Å². The van der Waals surface area contributed by atoms with Gasteiger partial charge in [0, 0.05) is 25.7 Å². The van der Waals surface area contributed by atoms with Crippen LogP contribution in [-0.2, 0) is 6.42 Å². The molecule has 0 spiro atoms. The van der Waals surface area contributed by atoms with Gasteiger partial charge in [-0.15, -0.1) is 13.2 Å². The maximum atomic E-state index is 6.16. The number of hydrogen-bond donors (Lipinski definition) is 1. The minimum Gasteiger partial charge on any atom is -0.326 e. The van der Waals surface area contributed by atoms with Gasteiger partial charge in [0.05, 0.1) is 0 Å². The zero-order valence-corrected chi connectivity index (χ0v) is 10.4. The van der Waals surface area contributed by atoms with Crippen LogP contribution in [0.5, 0.6) is 0 Å². The van der Waals surface area contributed by atoms with Gasteiger partial charge in [-0.1, -0.05) is 42.5 Å². The average Bonchev–Trinajstić information content (AvgIpc) is 2.30. The van der Waals surface area contributed by atoms with Crippen LogP contribution in [0.2, 0.25) is 0 Å². The lowest BCUT2D eigenvalue weighted by atomic mass is 10.1. The molecule has 0 bridgehead atoms. The summed E-state index contributed by atoms with van der Waals surface area (Å²) in [6.07, 6.45) is 4.71. The standard InChI is InChI=1S/C15H22N2/c1-3-10-17(11-4-2)13-15(16)12-14-8-6-5-7-9-14/h3-9,15H,1-2,10-13,16H2/t15-/m0/s1. The van der Waals surface area contributed by atoms with E-state index in [2.05, 4.69) is 30.2 Å². The molecule has 2 nitrogen and oxygen atoms in total. The highest BCUT2D eigenvalue weighted by molar-refractivity contribution is 5.15. The normalized spacial score (nSPS) is 12.4. The Hall–Kier alpha value is -1.38. The van der Waals surface area contributed by atoms with Crippen LogP contribution < -0.4 is 5.73 Å². The van der Waals surface area contributed by atoms with Gasteiger partial charge in [0.1, 0.15) is 0 Å². The third-order valence-electron chi connectivity index (χ3n) is 2.61. The van der Waals surface area contributed by atoms with Gasteiger partial charge in [-0.25, -0.2) is 0 Å². The third-order valence-corrected chi connectivity index (χ3v) is 2.61. The lowest BCUT2D eigenvalue weighted by molar-refractivity contribution is 0.310. The number of rotatable bonds is 8. The van der Waals surface area contributed by atoms with Crippen LogP contribution in [0.1, 0.15) is 5.56 Å². The first kappa shape index (κ1) is 13.7. The van der Waals surface area contributed by atoms with E-state index in [0.29, 0.717) is 0 Å². The summed E-state index contributed by atoms with van der Waals surface area (Å²) in [4.78, 5) is 2.24. The summed E-state index contributed by atoms with van der Waals surface area (Å²) in [6.45, 7) is 10.1. The Bertz CT molecular complexity index is 322. The van der Waals surface area contributed by atoms with Crippen molar-refractivity contribution in [3.8, 4) is 0 Å². The highest BCUT2D eigenvalue weighted by atomic mass is 15.1. The van der Waals surface area contributed by atoms with E-state index in [1.54, 1.807) is 0 Å². The molecule has 0 saturated heterocycles. The highest BCUT2D eigenvalue weighted by Gasteiger charge is 2.08. The quantitative estimate of drug-likeness (QED) is 0.694. The van der Waals surface area contributed by atoms with E-state index < -0.39 is 0 Å². The summed E-state index contributed by atoms with van der Waals surface area (Å²) in [5.41, 5.74) is 7.45. The molecule has 0 unspecified atom stereocenters. The molecule has 1 atom stereocenters. The van der Waals surface area contributed by atoms with Crippen molar-refractivity contribution in [2.45, 2.75) is 12.5 Å². The van der Waals surface area contributed by atoms with Gasteiger partial charge in [-0.3, -0.25) is 4.90 Å². The van der Waals surface area contributed by atoms with Gasteiger partial charge >= 0.3 is 0 Å². The van der Waals surface area contributed by atoms with Crippen molar-refractivity contribution in [1.29, 1.82) is 0 Å². The molecule has 0 amide bonds. The van der Waals surface area contributed by atoms with E-state index in [9.17, 15) is 0 Å². The van der Waals surface area contributed by atoms with Gasteiger partial charge in [-0.2, -0.15) is 0 Å². The van der Waals surface area contributed by atoms with Crippen molar-refractivity contribution in [1.82, 2.24) is 4.90 Å². The predicted octanol–water partition coefficient (Wildman–Crippen LogP) is 2.23. The SMILES string of the molecule is C=CCN(CC=C)C[C@@H](N)Cc1ccccc1. The van der Waals surface area contributed by atoms with E-state index in [1.165, 1.54) is 5.56 Å². The molecule has 17 heavy (non-hydrogen) atoms. The molecule has 2 heteroatoms. The highest BCUT2D eigenvalue weighted by Crippen LogP contribution is 2.03. The van der Waals surface area contributed by atoms with Crippen LogP contribution in [0.3, 0.4) is 0 Å². The number of nitrogens with zero attached hydrogens (tertiary/aromatic N) is 1. The molecule has 1 aromatic carbocycles. The lowest BCUT2D eigenvalue weighted by Gasteiger charge is -2.23. The molecule has 1 rings (SSSR count). The van der Waals surface area contributed by atoms with Crippen LogP contribution >= 0.6 is 0 Å². The molecule has 0 aliphatic heterocycles. The molecule has 0 fully saturated rings. The Morgan fingerprint density at radius 3 is 2.24 bits per heavy atom. The zero-order valence-electron chi connectivity index (χ0n) is 10.4. The van der Waals surface area contributed by atoms with Crippen molar-refractivity contribution in [3.63, 3.8) is 0 Å². The largest absolute Gasteiger partial charge is 0.326 e. The van der Waals surface area contributed by atoms with Gasteiger partial charge in [-0.05, 0) is 12.0 Å². The second-order valence-electron chi connectivity index (χ2n) is 4.25. The molecule has 0 radical (unpaired) electrons. The molecule has 1 aromatic rings. The van der Waals surface area contributed by atoms with Crippen LogP contribution in [0.15, 0.2) is 55.6 Å². The van der Waals surface area contributed by atoms with Crippen LogP contribution in [0.25, 0.3) is 0 Å². The van der Waals surface area contributed by atoms with Gasteiger partial charge < -0.3 is 5.73 Å². The van der Waals surface area contributed by atoms with Gasteiger partial charge in [0.2, 0.25) is 0 Å². The minimum absolute atomic E-state index is 0.150. The first-order chi connectivity index (χ1) is 8.26. The Morgan fingerprint density at radius 2 is 1.71 bits per heavy atom. The van der Waals surface area contributed by atoms with Crippen molar-refractivity contribution in [2.24, 2.45) is 5.73 Å². The average molecular weight is 230 g/mol. The topological polar surface area (TPSA) is 29.3 Å². The fourth-order valence-electron chi connectivity index (χ4n) is 1.90. The first-order valence-corrected chi connectivity index (χ1v) is 6.00. The van der Waals surface area contributed by atoms with E-state index in [-0.39, 0.29) is 6.04 Å². The second kappa shape index (κ2) is 7.82. The molecule has 0 saturated carbocycles. The Morgan fingerprint density at radius 1 is 1.12 bits per heavy atom. The summed E-state index contributed by atoms with van der Waals surface area (Å²) < 4.78 is 0. The first-order valence-electron chi connectivity index (χ1n) is 6.00. The molecular weight excluding hydrogens is 208 g/mol. The maximum absolute atomic E-state index is 6.16. The van der Waals surface area contributed by atoms with Crippen LogP contribution in [0.4, 0.5) is 0 Å². The van der Waals surface area contributed by atoms with E-state index >= 15 is 0 Å². The number of benzene rings is 1. The zero-order chi connectivity index (χ0) is 12.5.